The largest absolute Gasteiger partial charge is 0.371 e. The maximum Gasteiger partial charge on any atom is 0.249 e. The van der Waals surface area contributed by atoms with Crippen molar-refractivity contribution in [3.05, 3.63) is 29.6 Å². The van der Waals surface area contributed by atoms with Crippen molar-refractivity contribution >= 4 is 23.3 Å². The molecule has 1 saturated carbocycles. The van der Waals surface area contributed by atoms with E-state index in [0.717, 1.165) is 0 Å². The Bertz CT molecular complexity index is 649. The number of hydrogen-bond donors (Lipinski definition) is 2. The molecule has 122 valence electrons. The lowest BCUT2D eigenvalue weighted by Gasteiger charge is -2.25. The first-order valence-electron chi connectivity index (χ1n) is 7.95. The highest BCUT2D eigenvalue weighted by molar-refractivity contribution is 6.01. The van der Waals surface area contributed by atoms with Gasteiger partial charge in [-0.25, -0.2) is 4.39 Å². The summed E-state index contributed by atoms with van der Waals surface area (Å²) in [7, 11) is 0. The van der Waals surface area contributed by atoms with E-state index in [1.54, 1.807) is 18.2 Å². The lowest BCUT2D eigenvalue weighted by molar-refractivity contribution is -0.133. The molecule has 1 atom stereocenters. The van der Waals surface area contributed by atoms with Crippen molar-refractivity contribution in [1.29, 1.82) is 0 Å². The van der Waals surface area contributed by atoms with E-state index < -0.39 is 11.9 Å². The molecule has 0 spiro atoms. The van der Waals surface area contributed by atoms with Crippen molar-refractivity contribution in [1.82, 2.24) is 5.32 Å². The van der Waals surface area contributed by atoms with Crippen LogP contribution in [-0.2, 0) is 14.4 Å². The second-order valence-corrected chi connectivity index (χ2v) is 6.17. The number of Topliss-reactive ketones (excluding diaryl/α,β-unsaturated/α-hetero) is 1. The van der Waals surface area contributed by atoms with Crippen molar-refractivity contribution in [2.24, 2.45) is 0 Å². The first-order chi connectivity index (χ1) is 11.0. The Hall–Kier alpha value is -2.24. The summed E-state index contributed by atoms with van der Waals surface area (Å²) in [5, 5.41) is 5.15. The average molecular weight is 318 g/mol. The molecular weight excluding hydrogens is 299 g/mol. The van der Waals surface area contributed by atoms with Crippen LogP contribution in [0, 0.1) is 5.82 Å². The van der Waals surface area contributed by atoms with E-state index in [2.05, 4.69) is 10.6 Å². The lowest BCUT2D eigenvalue weighted by atomic mass is 9.83. The first kappa shape index (κ1) is 15.6. The predicted octanol–water partition coefficient (Wildman–Crippen LogP) is 2.27. The number of piperidine rings is 1. The number of halogens is 1. The van der Waals surface area contributed by atoms with Crippen LogP contribution in [0.1, 0.15) is 50.0 Å². The molecule has 1 aromatic rings. The number of rotatable bonds is 3. The van der Waals surface area contributed by atoms with Crippen molar-refractivity contribution < 1.29 is 18.8 Å². The van der Waals surface area contributed by atoms with E-state index in [1.165, 1.54) is 0 Å². The van der Waals surface area contributed by atoms with Gasteiger partial charge in [0.15, 0.2) is 0 Å². The molecule has 0 bridgehead atoms. The highest BCUT2D eigenvalue weighted by Crippen LogP contribution is 2.35. The summed E-state index contributed by atoms with van der Waals surface area (Å²) in [4.78, 5) is 34.3. The molecular formula is C17H19FN2O3. The molecule has 1 aromatic carbocycles. The van der Waals surface area contributed by atoms with Crippen molar-refractivity contribution in [3.8, 4) is 0 Å². The van der Waals surface area contributed by atoms with Crippen LogP contribution < -0.4 is 10.6 Å². The molecule has 2 aliphatic rings. The predicted molar refractivity (Wildman–Crippen MR) is 82.4 cm³/mol. The summed E-state index contributed by atoms with van der Waals surface area (Å²) in [5.74, 6) is -0.810. The van der Waals surface area contributed by atoms with Crippen LogP contribution in [0.2, 0.25) is 0 Å². The van der Waals surface area contributed by atoms with Crippen LogP contribution in [0.4, 0.5) is 10.1 Å². The third kappa shape index (κ3) is 3.41. The first-order valence-corrected chi connectivity index (χ1v) is 7.95. The van der Waals surface area contributed by atoms with Gasteiger partial charge in [-0.1, -0.05) is 12.1 Å². The maximum absolute atomic E-state index is 14.8. The maximum atomic E-state index is 14.8. The molecule has 1 aliphatic heterocycles. The van der Waals surface area contributed by atoms with Crippen molar-refractivity contribution in [2.75, 3.05) is 5.32 Å². The van der Waals surface area contributed by atoms with Gasteiger partial charge in [-0.2, -0.15) is 0 Å². The molecule has 23 heavy (non-hydrogen) atoms. The normalized spacial score (nSPS) is 22.8. The zero-order chi connectivity index (χ0) is 16.4. The van der Waals surface area contributed by atoms with Crippen molar-refractivity contribution in [2.45, 2.75) is 50.5 Å². The zero-order valence-corrected chi connectivity index (χ0v) is 12.7. The standard InChI is InChI=1S/C17H19FN2O3/c18-16-12(10-4-6-11(21)7-5-10)2-1-3-13(16)19-14-8-9-15(22)20-17(14)23/h1-3,10,14,19H,4-9H2,(H,20,22,23)/t14-/m0/s1. The minimum Gasteiger partial charge on any atom is -0.371 e. The summed E-state index contributed by atoms with van der Waals surface area (Å²) in [6, 6.07) is 4.48. The Labute approximate surface area is 133 Å². The molecule has 0 radical (unpaired) electrons. The molecule has 1 saturated heterocycles. The van der Waals surface area contributed by atoms with Crippen LogP contribution in [0.3, 0.4) is 0 Å². The summed E-state index contributed by atoms with van der Waals surface area (Å²) in [6.07, 6.45) is 2.92. The number of imide groups is 1. The second-order valence-electron chi connectivity index (χ2n) is 6.17. The summed E-state index contributed by atoms with van der Waals surface area (Å²) < 4.78 is 14.8. The third-order valence-corrected chi connectivity index (χ3v) is 4.58. The van der Waals surface area contributed by atoms with Crippen molar-refractivity contribution in [3.63, 3.8) is 0 Å². The smallest absolute Gasteiger partial charge is 0.249 e. The van der Waals surface area contributed by atoms with Gasteiger partial charge in [0.1, 0.15) is 17.6 Å². The van der Waals surface area contributed by atoms with Gasteiger partial charge in [-0.05, 0) is 36.8 Å². The molecule has 2 N–H and O–H groups in total. The Morgan fingerprint density at radius 3 is 2.48 bits per heavy atom. The minimum absolute atomic E-state index is 0.0382. The van der Waals surface area contributed by atoms with E-state index in [-0.39, 0.29) is 35.5 Å². The Kier molecular flexibility index (Phi) is 4.41. The molecule has 5 nitrogen and oxygen atoms in total. The van der Waals surface area contributed by atoms with Gasteiger partial charge in [0.2, 0.25) is 11.8 Å². The zero-order valence-electron chi connectivity index (χ0n) is 12.7. The molecule has 1 heterocycles. The fourth-order valence-corrected chi connectivity index (χ4v) is 3.25. The van der Waals surface area contributed by atoms with Gasteiger partial charge < -0.3 is 5.32 Å². The van der Waals surface area contributed by atoms with Crippen LogP contribution in [-0.4, -0.2) is 23.6 Å². The van der Waals surface area contributed by atoms with Gasteiger partial charge in [0, 0.05) is 19.3 Å². The molecule has 2 amide bonds. The Morgan fingerprint density at radius 1 is 1.04 bits per heavy atom. The summed E-state index contributed by atoms with van der Waals surface area (Å²) >= 11 is 0. The minimum atomic E-state index is -0.606. The van der Waals surface area contributed by atoms with E-state index >= 15 is 0 Å². The second kappa shape index (κ2) is 6.48. The molecule has 1 aliphatic carbocycles. The highest BCUT2D eigenvalue weighted by atomic mass is 19.1. The van der Waals surface area contributed by atoms with Gasteiger partial charge in [0.05, 0.1) is 5.69 Å². The number of amides is 2. The lowest BCUT2D eigenvalue weighted by Crippen LogP contribution is -2.47. The monoisotopic (exact) mass is 318 g/mol. The van der Waals surface area contributed by atoms with Gasteiger partial charge >= 0.3 is 0 Å². The number of benzene rings is 1. The summed E-state index contributed by atoms with van der Waals surface area (Å²) in [5.41, 5.74) is 0.865. The van der Waals surface area contributed by atoms with Gasteiger partial charge in [-0.15, -0.1) is 0 Å². The van der Waals surface area contributed by atoms with Crippen LogP contribution in [0.5, 0.6) is 0 Å². The molecule has 2 fully saturated rings. The molecule has 0 aromatic heterocycles. The van der Waals surface area contributed by atoms with Gasteiger partial charge in [0.25, 0.3) is 0 Å². The number of nitrogens with one attached hydrogen (secondary N) is 2. The molecule has 3 rings (SSSR count). The van der Waals surface area contributed by atoms with E-state index in [0.29, 0.717) is 37.7 Å². The van der Waals surface area contributed by atoms with E-state index in [1.807, 2.05) is 0 Å². The molecule has 6 heteroatoms. The number of anilines is 1. The number of carbonyl (C=O) groups is 3. The van der Waals surface area contributed by atoms with Crippen LogP contribution in [0.15, 0.2) is 18.2 Å². The third-order valence-electron chi connectivity index (χ3n) is 4.58. The number of ketones is 1. The van der Waals surface area contributed by atoms with E-state index in [9.17, 15) is 18.8 Å². The Morgan fingerprint density at radius 2 is 1.78 bits per heavy atom. The number of hydrogen-bond acceptors (Lipinski definition) is 4. The number of carbonyl (C=O) groups excluding carboxylic acids is 3. The SMILES string of the molecule is O=C1CCC(c2cccc(N[C@H]3CCC(=O)NC3=O)c2F)CC1. The summed E-state index contributed by atoms with van der Waals surface area (Å²) in [6.45, 7) is 0. The Balaban J connectivity index is 1.76. The van der Waals surface area contributed by atoms with Gasteiger partial charge in [-0.3, -0.25) is 19.7 Å². The quantitative estimate of drug-likeness (QED) is 0.838. The fraction of sp³-hybridized carbons (Fsp3) is 0.471. The van der Waals surface area contributed by atoms with Crippen LogP contribution in [0.25, 0.3) is 0 Å². The topological polar surface area (TPSA) is 75.3 Å². The average Bonchev–Trinajstić information content (AvgIpc) is 2.53. The highest BCUT2D eigenvalue weighted by Gasteiger charge is 2.28. The molecule has 0 unspecified atom stereocenters. The fourth-order valence-electron chi connectivity index (χ4n) is 3.25. The van der Waals surface area contributed by atoms with E-state index in [4.69, 9.17) is 0 Å². The van der Waals surface area contributed by atoms with Crippen LogP contribution >= 0.6 is 0 Å².